The van der Waals surface area contributed by atoms with Crippen molar-refractivity contribution >= 4 is 17.0 Å². The van der Waals surface area contributed by atoms with E-state index in [9.17, 15) is 13.6 Å². The molecule has 0 saturated heterocycles. The fraction of sp³-hybridized carbons (Fsp3) is 0.222. The molecular formula is C9H10NO3S-. The van der Waals surface area contributed by atoms with E-state index in [1.54, 1.807) is 24.3 Å². The van der Waals surface area contributed by atoms with Gasteiger partial charge in [-0.3, -0.25) is 9.00 Å². The molecule has 0 aliphatic rings. The Kier molecular flexibility index (Phi) is 3.79. The minimum Gasteiger partial charge on any atom is -0.772 e. The molecule has 1 unspecified atom stereocenters. The summed E-state index contributed by atoms with van der Waals surface area (Å²) in [4.78, 5) is 10.6. The monoisotopic (exact) mass is 212 g/mol. The van der Waals surface area contributed by atoms with Crippen molar-refractivity contribution in [3.8, 4) is 0 Å². The summed E-state index contributed by atoms with van der Waals surface area (Å²) in [6.45, 7) is 0. The molecule has 0 aliphatic carbocycles. The largest absolute Gasteiger partial charge is 0.772 e. The maximum Gasteiger partial charge on any atom is 0.221 e. The van der Waals surface area contributed by atoms with Crippen molar-refractivity contribution < 1.29 is 13.6 Å². The molecule has 5 heteroatoms. The summed E-state index contributed by atoms with van der Waals surface area (Å²) in [5.41, 5.74) is 6.50. The minimum absolute atomic E-state index is 0.00312. The van der Waals surface area contributed by atoms with Crippen LogP contribution in [0, 0.1) is 0 Å². The van der Waals surface area contributed by atoms with Crippen LogP contribution >= 0.6 is 0 Å². The first-order valence-corrected chi connectivity index (χ1v) is 5.24. The molecule has 0 bridgehead atoms. The van der Waals surface area contributed by atoms with Gasteiger partial charge in [0.25, 0.3) is 0 Å². The van der Waals surface area contributed by atoms with Gasteiger partial charge in [-0.25, -0.2) is 0 Å². The van der Waals surface area contributed by atoms with E-state index in [1.807, 2.05) is 0 Å². The van der Waals surface area contributed by atoms with Crippen LogP contribution in [0.2, 0.25) is 0 Å². The predicted octanol–water partition coefficient (Wildman–Crippen LogP) is 0.0935. The summed E-state index contributed by atoms with van der Waals surface area (Å²) in [6.07, 6.45) is 0.181. The molecule has 1 amide bonds. The number of benzene rings is 1. The molecule has 0 saturated carbocycles. The Morgan fingerprint density at radius 1 is 1.29 bits per heavy atom. The van der Waals surface area contributed by atoms with Crippen LogP contribution in [-0.4, -0.2) is 14.7 Å². The molecule has 14 heavy (non-hydrogen) atoms. The van der Waals surface area contributed by atoms with Gasteiger partial charge in [-0.15, -0.1) is 0 Å². The van der Waals surface area contributed by atoms with Gasteiger partial charge < -0.3 is 10.3 Å². The van der Waals surface area contributed by atoms with Crippen molar-refractivity contribution in [2.45, 2.75) is 12.2 Å². The lowest BCUT2D eigenvalue weighted by molar-refractivity contribution is -0.117. The van der Waals surface area contributed by atoms with Gasteiger partial charge in [0.15, 0.2) is 0 Å². The van der Waals surface area contributed by atoms with Gasteiger partial charge in [-0.05, 0) is 11.1 Å². The smallest absolute Gasteiger partial charge is 0.221 e. The zero-order valence-corrected chi connectivity index (χ0v) is 8.25. The van der Waals surface area contributed by atoms with Crippen molar-refractivity contribution in [1.29, 1.82) is 0 Å². The number of hydrogen-bond acceptors (Lipinski definition) is 3. The molecule has 1 aromatic carbocycles. The fourth-order valence-electron chi connectivity index (χ4n) is 1.09. The summed E-state index contributed by atoms with van der Waals surface area (Å²) in [7, 11) is 0. The molecule has 0 radical (unpaired) electrons. The predicted molar refractivity (Wildman–Crippen MR) is 52.0 cm³/mol. The standard InChI is InChI=1S/C9H11NO3S/c10-9(11)5-7-1-3-8(4-2-7)6-14(12)13/h1-4H,5-6H2,(H2,10,11)(H,12,13)/p-1. The van der Waals surface area contributed by atoms with Crippen molar-refractivity contribution in [1.82, 2.24) is 0 Å². The van der Waals surface area contributed by atoms with Gasteiger partial charge in [0.2, 0.25) is 5.91 Å². The van der Waals surface area contributed by atoms with Crippen LogP contribution in [0.1, 0.15) is 11.1 Å². The Morgan fingerprint density at radius 2 is 1.79 bits per heavy atom. The highest BCUT2D eigenvalue weighted by Crippen LogP contribution is 2.06. The summed E-state index contributed by atoms with van der Waals surface area (Å²) in [5, 5.41) is 0. The zero-order valence-electron chi connectivity index (χ0n) is 7.43. The maximum atomic E-state index is 10.6. The van der Waals surface area contributed by atoms with Crippen LogP contribution in [0.3, 0.4) is 0 Å². The Hall–Kier alpha value is -1.20. The third-order valence-corrected chi connectivity index (χ3v) is 2.25. The van der Waals surface area contributed by atoms with E-state index < -0.39 is 17.0 Å². The third-order valence-electron chi connectivity index (χ3n) is 1.69. The van der Waals surface area contributed by atoms with Crippen molar-refractivity contribution in [3.05, 3.63) is 35.4 Å². The minimum atomic E-state index is -2.08. The number of carbonyl (C=O) groups is 1. The molecule has 0 spiro atoms. The highest BCUT2D eigenvalue weighted by molar-refractivity contribution is 7.78. The first kappa shape index (κ1) is 10.9. The lowest BCUT2D eigenvalue weighted by Gasteiger charge is -2.05. The molecule has 1 rings (SSSR count). The molecule has 0 heterocycles. The number of rotatable bonds is 4. The van der Waals surface area contributed by atoms with Gasteiger partial charge in [0.05, 0.1) is 6.42 Å². The Labute approximate surface area is 84.4 Å². The number of carbonyl (C=O) groups excluding carboxylic acids is 1. The molecule has 0 fully saturated rings. The van der Waals surface area contributed by atoms with E-state index in [4.69, 9.17) is 5.73 Å². The first-order valence-electron chi connectivity index (χ1n) is 4.00. The average molecular weight is 212 g/mol. The fourth-order valence-corrected chi connectivity index (χ4v) is 1.56. The molecule has 1 atom stereocenters. The van der Waals surface area contributed by atoms with Crippen molar-refractivity contribution in [2.24, 2.45) is 5.73 Å². The van der Waals surface area contributed by atoms with Gasteiger partial charge in [0.1, 0.15) is 0 Å². The van der Waals surface area contributed by atoms with E-state index >= 15 is 0 Å². The number of amides is 1. The maximum absolute atomic E-state index is 10.6. The van der Waals surface area contributed by atoms with Gasteiger partial charge in [0, 0.05) is 5.75 Å². The highest BCUT2D eigenvalue weighted by Gasteiger charge is 1.98. The van der Waals surface area contributed by atoms with Crippen LogP contribution in [0.15, 0.2) is 24.3 Å². The molecular weight excluding hydrogens is 202 g/mol. The van der Waals surface area contributed by atoms with Crippen LogP contribution in [-0.2, 0) is 28.0 Å². The summed E-state index contributed by atoms with van der Waals surface area (Å²) < 4.78 is 20.7. The summed E-state index contributed by atoms with van der Waals surface area (Å²) in [5.74, 6) is -0.401. The van der Waals surface area contributed by atoms with Crippen molar-refractivity contribution in [3.63, 3.8) is 0 Å². The van der Waals surface area contributed by atoms with Gasteiger partial charge in [-0.2, -0.15) is 0 Å². The van der Waals surface area contributed by atoms with E-state index in [2.05, 4.69) is 0 Å². The SMILES string of the molecule is NC(=O)Cc1ccc(CS(=O)[O-])cc1. The molecule has 0 aliphatic heterocycles. The number of nitrogens with two attached hydrogens (primary N) is 1. The van der Waals surface area contributed by atoms with E-state index in [1.165, 1.54) is 0 Å². The van der Waals surface area contributed by atoms with Crippen LogP contribution in [0.4, 0.5) is 0 Å². The van der Waals surface area contributed by atoms with Crippen LogP contribution < -0.4 is 5.73 Å². The third kappa shape index (κ3) is 3.68. The zero-order chi connectivity index (χ0) is 10.6. The second-order valence-corrected chi connectivity index (χ2v) is 3.80. The average Bonchev–Trinajstić information content (AvgIpc) is 2.06. The Bertz CT molecular complexity index is 313. The quantitative estimate of drug-likeness (QED) is 0.718. The Balaban J connectivity index is 2.68. The Morgan fingerprint density at radius 3 is 2.21 bits per heavy atom. The van der Waals surface area contributed by atoms with Gasteiger partial charge in [-0.1, -0.05) is 35.3 Å². The molecule has 1 aromatic rings. The second kappa shape index (κ2) is 4.88. The first-order chi connectivity index (χ1) is 6.58. The second-order valence-electron chi connectivity index (χ2n) is 2.91. The summed E-state index contributed by atoms with van der Waals surface area (Å²) >= 11 is -2.08. The lowest BCUT2D eigenvalue weighted by atomic mass is 10.1. The molecule has 2 N–H and O–H groups in total. The molecule has 4 nitrogen and oxygen atoms in total. The van der Waals surface area contributed by atoms with Crippen molar-refractivity contribution in [2.75, 3.05) is 0 Å². The summed E-state index contributed by atoms with van der Waals surface area (Å²) in [6, 6.07) is 6.75. The van der Waals surface area contributed by atoms with E-state index in [0.717, 1.165) is 5.56 Å². The van der Waals surface area contributed by atoms with Gasteiger partial charge >= 0.3 is 0 Å². The normalized spacial score (nSPS) is 12.4. The van der Waals surface area contributed by atoms with Crippen LogP contribution in [0.25, 0.3) is 0 Å². The number of hydrogen-bond donors (Lipinski definition) is 1. The number of primary amides is 1. The van der Waals surface area contributed by atoms with E-state index in [0.29, 0.717) is 5.56 Å². The van der Waals surface area contributed by atoms with E-state index in [-0.39, 0.29) is 12.2 Å². The topological polar surface area (TPSA) is 83.2 Å². The van der Waals surface area contributed by atoms with Crippen LogP contribution in [0.5, 0.6) is 0 Å². The highest BCUT2D eigenvalue weighted by atomic mass is 32.2. The molecule has 76 valence electrons. The lowest BCUT2D eigenvalue weighted by Crippen LogP contribution is -2.13. The molecule has 0 aromatic heterocycles.